The van der Waals surface area contributed by atoms with Crippen molar-refractivity contribution in [3.8, 4) is 0 Å². The molecule has 0 aromatic heterocycles. The van der Waals surface area contributed by atoms with Gasteiger partial charge in [-0.2, -0.15) is 0 Å². The van der Waals surface area contributed by atoms with E-state index in [2.05, 4.69) is 60.4 Å². The van der Waals surface area contributed by atoms with Crippen LogP contribution in [0.25, 0.3) is 0 Å². The Hall–Kier alpha value is -1.55. The molecule has 1 aliphatic rings. The highest BCUT2D eigenvalue weighted by Gasteiger charge is 2.18. The maximum absolute atomic E-state index is 5.97. The summed E-state index contributed by atoms with van der Waals surface area (Å²) in [5, 5.41) is 3.18. The van der Waals surface area contributed by atoms with Crippen LogP contribution in [-0.2, 0) is 0 Å². The summed E-state index contributed by atoms with van der Waals surface area (Å²) < 4.78 is 0. The predicted octanol–water partition coefficient (Wildman–Crippen LogP) is 2.88. The van der Waals surface area contributed by atoms with Gasteiger partial charge < -0.3 is 16.0 Å². The summed E-state index contributed by atoms with van der Waals surface area (Å²) in [6.45, 7) is 7.57. The standard InChI is InChI=1S/C17H28N4/c1-4-13(2)15-5-7-16(8-6-15)20-17(18)19-11-14-9-10-21(3)12-14/h5-8,13-14H,4,9-12H2,1-3H3,(H3,18,19,20). The van der Waals surface area contributed by atoms with Crippen molar-refractivity contribution in [1.29, 1.82) is 0 Å². The molecule has 2 rings (SSSR count). The summed E-state index contributed by atoms with van der Waals surface area (Å²) >= 11 is 0. The van der Waals surface area contributed by atoms with E-state index in [1.807, 2.05) is 0 Å². The van der Waals surface area contributed by atoms with Gasteiger partial charge in [-0.3, -0.25) is 4.99 Å². The minimum absolute atomic E-state index is 0.515. The van der Waals surface area contributed by atoms with E-state index in [-0.39, 0.29) is 0 Å². The van der Waals surface area contributed by atoms with Crippen LogP contribution >= 0.6 is 0 Å². The Morgan fingerprint density at radius 1 is 1.43 bits per heavy atom. The molecule has 1 aromatic carbocycles. The predicted molar refractivity (Wildman–Crippen MR) is 90.9 cm³/mol. The second-order valence-corrected chi connectivity index (χ2v) is 6.20. The molecular weight excluding hydrogens is 260 g/mol. The molecule has 0 amide bonds. The number of anilines is 1. The van der Waals surface area contributed by atoms with E-state index >= 15 is 0 Å². The molecule has 0 bridgehead atoms. The number of benzene rings is 1. The zero-order chi connectivity index (χ0) is 15.2. The summed E-state index contributed by atoms with van der Waals surface area (Å²) in [4.78, 5) is 6.81. The molecule has 4 heteroatoms. The zero-order valence-corrected chi connectivity index (χ0v) is 13.5. The Morgan fingerprint density at radius 2 is 2.14 bits per heavy atom. The van der Waals surface area contributed by atoms with Crippen molar-refractivity contribution >= 4 is 11.6 Å². The lowest BCUT2D eigenvalue weighted by Gasteiger charge is -2.11. The lowest BCUT2D eigenvalue weighted by molar-refractivity contribution is 0.397. The molecule has 0 aliphatic carbocycles. The van der Waals surface area contributed by atoms with Gasteiger partial charge in [0.15, 0.2) is 5.96 Å². The number of rotatable bonds is 5. The summed E-state index contributed by atoms with van der Waals surface area (Å²) in [6.07, 6.45) is 2.38. The molecule has 4 nitrogen and oxygen atoms in total. The average Bonchev–Trinajstić information content (AvgIpc) is 2.91. The number of nitrogens with zero attached hydrogens (tertiary/aromatic N) is 2. The molecule has 1 saturated heterocycles. The molecule has 2 atom stereocenters. The minimum Gasteiger partial charge on any atom is -0.370 e. The molecule has 0 spiro atoms. The fraction of sp³-hybridized carbons (Fsp3) is 0.588. The zero-order valence-electron chi connectivity index (χ0n) is 13.5. The normalized spacial score (nSPS) is 21.5. The van der Waals surface area contributed by atoms with E-state index < -0.39 is 0 Å². The van der Waals surface area contributed by atoms with E-state index in [0.29, 0.717) is 17.8 Å². The van der Waals surface area contributed by atoms with Crippen molar-refractivity contribution in [2.75, 3.05) is 32.0 Å². The highest BCUT2D eigenvalue weighted by atomic mass is 15.1. The molecule has 1 aliphatic heterocycles. The van der Waals surface area contributed by atoms with Gasteiger partial charge >= 0.3 is 0 Å². The summed E-state index contributed by atoms with van der Waals surface area (Å²) in [6, 6.07) is 8.48. The molecule has 1 fully saturated rings. The minimum atomic E-state index is 0.515. The molecule has 0 saturated carbocycles. The fourth-order valence-electron chi connectivity index (χ4n) is 2.72. The van der Waals surface area contributed by atoms with Gasteiger partial charge in [0.25, 0.3) is 0 Å². The van der Waals surface area contributed by atoms with Crippen LogP contribution < -0.4 is 11.1 Å². The van der Waals surface area contributed by atoms with Crippen LogP contribution in [0.1, 0.15) is 38.2 Å². The van der Waals surface area contributed by atoms with Crippen LogP contribution in [-0.4, -0.2) is 37.5 Å². The van der Waals surface area contributed by atoms with Crippen LogP contribution in [0.15, 0.2) is 29.3 Å². The van der Waals surface area contributed by atoms with Crippen molar-refractivity contribution in [3.05, 3.63) is 29.8 Å². The van der Waals surface area contributed by atoms with E-state index in [1.54, 1.807) is 0 Å². The van der Waals surface area contributed by atoms with Gasteiger partial charge in [-0.25, -0.2) is 0 Å². The van der Waals surface area contributed by atoms with E-state index in [1.165, 1.54) is 18.5 Å². The van der Waals surface area contributed by atoms with Gasteiger partial charge in [0.1, 0.15) is 0 Å². The third-order valence-electron chi connectivity index (χ3n) is 4.37. The SMILES string of the molecule is CCC(C)c1ccc(NC(N)=NCC2CCN(C)C2)cc1. The van der Waals surface area contributed by atoms with Crippen LogP contribution in [0.2, 0.25) is 0 Å². The van der Waals surface area contributed by atoms with Crippen LogP contribution in [0, 0.1) is 5.92 Å². The monoisotopic (exact) mass is 288 g/mol. The summed E-state index contributed by atoms with van der Waals surface area (Å²) in [5.74, 6) is 1.76. The third-order valence-corrected chi connectivity index (χ3v) is 4.37. The van der Waals surface area contributed by atoms with E-state index in [0.717, 1.165) is 25.2 Å². The molecule has 0 radical (unpaired) electrons. The van der Waals surface area contributed by atoms with Gasteiger partial charge in [-0.15, -0.1) is 0 Å². The van der Waals surface area contributed by atoms with Gasteiger partial charge in [-0.1, -0.05) is 26.0 Å². The molecule has 1 heterocycles. The van der Waals surface area contributed by atoms with Gasteiger partial charge in [0.05, 0.1) is 0 Å². The first kappa shape index (κ1) is 15.8. The number of aliphatic imine (C=N–C) groups is 1. The summed E-state index contributed by atoms with van der Waals surface area (Å²) in [7, 11) is 2.16. The first-order chi connectivity index (χ1) is 10.1. The first-order valence-electron chi connectivity index (χ1n) is 7.94. The fourth-order valence-corrected chi connectivity index (χ4v) is 2.72. The number of guanidine groups is 1. The quantitative estimate of drug-likeness (QED) is 0.647. The van der Waals surface area contributed by atoms with Crippen molar-refractivity contribution in [2.45, 2.75) is 32.6 Å². The number of hydrogen-bond donors (Lipinski definition) is 2. The Kier molecular flexibility index (Phi) is 5.62. The lowest BCUT2D eigenvalue weighted by Crippen LogP contribution is -2.24. The summed E-state index contributed by atoms with van der Waals surface area (Å²) in [5.41, 5.74) is 8.34. The second-order valence-electron chi connectivity index (χ2n) is 6.20. The smallest absolute Gasteiger partial charge is 0.193 e. The number of likely N-dealkylation sites (tertiary alicyclic amines) is 1. The Bertz CT molecular complexity index is 466. The molecule has 3 N–H and O–H groups in total. The largest absolute Gasteiger partial charge is 0.370 e. The van der Waals surface area contributed by atoms with Crippen molar-refractivity contribution in [1.82, 2.24) is 4.90 Å². The molecular formula is C17H28N4. The lowest BCUT2D eigenvalue weighted by atomic mass is 9.99. The number of nitrogens with one attached hydrogen (secondary N) is 1. The first-order valence-corrected chi connectivity index (χ1v) is 7.94. The van der Waals surface area contributed by atoms with Crippen molar-refractivity contribution < 1.29 is 0 Å². The van der Waals surface area contributed by atoms with E-state index in [4.69, 9.17) is 5.73 Å². The van der Waals surface area contributed by atoms with Crippen LogP contribution in [0.4, 0.5) is 5.69 Å². The van der Waals surface area contributed by atoms with E-state index in [9.17, 15) is 0 Å². The topological polar surface area (TPSA) is 53.6 Å². The Balaban J connectivity index is 1.85. The van der Waals surface area contributed by atoms with Crippen molar-refractivity contribution in [3.63, 3.8) is 0 Å². The van der Waals surface area contributed by atoms with Crippen LogP contribution in [0.5, 0.6) is 0 Å². The van der Waals surface area contributed by atoms with Crippen LogP contribution in [0.3, 0.4) is 0 Å². The van der Waals surface area contributed by atoms with Gasteiger partial charge in [0.2, 0.25) is 0 Å². The Morgan fingerprint density at radius 3 is 2.71 bits per heavy atom. The molecule has 2 unspecified atom stereocenters. The molecule has 116 valence electrons. The second kappa shape index (κ2) is 7.46. The van der Waals surface area contributed by atoms with Gasteiger partial charge in [0, 0.05) is 18.8 Å². The maximum Gasteiger partial charge on any atom is 0.193 e. The highest BCUT2D eigenvalue weighted by Crippen LogP contribution is 2.20. The number of hydrogen-bond acceptors (Lipinski definition) is 2. The number of nitrogens with two attached hydrogens (primary N) is 1. The van der Waals surface area contributed by atoms with Crippen molar-refractivity contribution in [2.24, 2.45) is 16.6 Å². The average molecular weight is 288 g/mol. The third kappa shape index (κ3) is 4.74. The maximum atomic E-state index is 5.97. The Labute approximate surface area is 128 Å². The van der Waals surface area contributed by atoms with Gasteiger partial charge in [-0.05, 0) is 56.0 Å². The molecule has 1 aromatic rings. The molecule has 21 heavy (non-hydrogen) atoms. The highest BCUT2D eigenvalue weighted by molar-refractivity contribution is 5.92.